The molecule has 8 heteroatoms. The number of sulfonamides is 1. The predicted octanol–water partition coefficient (Wildman–Crippen LogP) is 0.533. The number of aryl methyl sites for hydroxylation is 1. The Kier molecular flexibility index (Phi) is 4.91. The number of ether oxygens (including phenoxy) is 2. The van der Waals surface area contributed by atoms with Crippen LogP contribution in [0.1, 0.15) is 22.3 Å². The van der Waals surface area contributed by atoms with Gasteiger partial charge < -0.3 is 14.4 Å². The zero-order chi connectivity index (χ0) is 17.3. The van der Waals surface area contributed by atoms with Gasteiger partial charge in [0.25, 0.3) is 5.91 Å². The van der Waals surface area contributed by atoms with Crippen molar-refractivity contribution in [1.82, 2.24) is 9.62 Å². The molecule has 24 heavy (non-hydrogen) atoms. The number of fused-ring (bicyclic) bond motifs is 2. The maximum absolute atomic E-state index is 12.8. The largest absolute Gasteiger partial charge is 0.383 e. The van der Waals surface area contributed by atoms with Gasteiger partial charge in [-0.05, 0) is 31.0 Å². The number of carbonyl (C=O) groups is 1. The average molecular weight is 354 g/mol. The van der Waals surface area contributed by atoms with Gasteiger partial charge in [0.1, 0.15) is 0 Å². The van der Waals surface area contributed by atoms with Crippen LogP contribution in [0.5, 0.6) is 0 Å². The molecule has 3 rings (SSSR count). The van der Waals surface area contributed by atoms with Gasteiger partial charge in [0, 0.05) is 19.2 Å². The van der Waals surface area contributed by atoms with Gasteiger partial charge in [0.2, 0.25) is 10.0 Å². The third-order valence-corrected chi connectivity index (χ3v) is 5.99. The van der Waals surface area contributed by atoms with Crippen molar-refractivity contribution in [2.45, 2.75) is 30.3 Å². The van der Waals surface area contributed by atoms with Crippen LogP contribution in [-0.4, -0.2) is 64.8 Å². The molecule has 2 aliphatic rings. The zero-order valence-electron chi connectivity index (χ0n) is 13.8. The minimum Gasteiger partial charge on any atom is -0.383 e. The summed E-state index contributed by atoms with van der Waals surface area (Å²) in [5.74, 6) is -0.119. The Morgan fingerprint density at radius 2 is 2.08 bits per heavy atom. The summed E-state index contributed by atoms with van der Waals surface area (Å²) in [6.45, 7) is 3.39. The summed E-state index contributed by atoms with van der Waals surface area (Å²) < 4.78 is 37.4. The molecular weight excluding hydrogens is 332 g/mol. The average Bonchev–Trinajstić information content (AvgIpc) is 2.55. The molecule has 2 saturated heterocycles. The minimum absolute atomic E-state index is 0.0921. The quantitative estimate of drug-likeness (QED) is 0.754. The molecule has 0 aromatic heterocycles. The lowest BCUT2D eigenvalue weighted by molar-refractivity contribution is -0.104. The van der Waals surface area contributed by atoms with E-state index in [9.17, 15) is 13.2 Å². The first-order valence-corrected chi connectivity index (χ1v) is 9.42. The van der Waals surface area contributed by atoms with Crippen molar-refractivity contribution in [3.8, 4) is 0 Å². The van der Waals surface area contributed by atoms with E-state index in [1.807, 2.05) is 11.8 Å². The van der Waals surface area contributed by atoms with Gasteiger partial charge in [-0.25, -0.2) is 13.1 Å². The fraction of sp³-hybridized carbons (Fsp3) is 0.562. The highest BCUT2D eigenvalue weighted by Gasteiger charge is 2.45. The highest BCUT2D eigenvalue weighted by Crippen LogP contribution is 2.33. The third-order valence-electron chi connectivity index (χ3n) is 4.53. The molecule has 0 spiro atoms. The summed E-state index contributed by atoms with van der Waals surface area (Å²) in [6.07, 6.45) is 0.960. The molecule has 132 valence electrons. The van der Waals surface area contributed by atoms with Crippen LogP contribution in [0, 0.1) is 6.92 Å². The highest BCUT2D eigenvalue weighted by molar-refractivity contribution is 7.89. The number of nitrogens with one attached hydrogen (secondary N) is 1. The summed E-state index contributed by atoms with van der Waals surface area (Å²) in [5, 5.41) is 0. The van der Waals surface area contributed by atoms with E-state index in [0.29, 0.717) is 18.8 Å². The topological polar surface area (TPSA) is 84.9 Å². The first-order valence-electron chi connectivity index (χ1n) is 7.93. The van der Waals surface area contributed by atoms with Crippen LogP contribution in [0.3, 0.4) is 0 Å². The monoisotopic (exact) mass is 354 g/mol. The molecule has 2 unspecified atom stereocenters. The van der Waals surface area contributed by atoms with Crippen molar-refractivity contribution in [3.63, 3.8) is 0 Å². The molecule has 2 bridgehead atoms. The Balaban J connectivity index is 1.83. The second-order valence-electron chi connectivity index (χ2n) is 6.16. The maximum atomic E-state index is 12.8. The Hall–Kier alpha value is -1.48. The van der Waals surface area contributed by atoms with E-state index in [2.05, 4.69) is 4.72 Å². The van der Waals surface area contributed by atoms with Crippen LogP contribution < -0.4 is 4.72 Å². The van der Waals surface area contributed by atoms with E-state index in [4.69, 9.17) is 9.47 Å². The van der Waals surface area contributed by atoms with Gasteiger partial charge in [0.15, 0.2) is 0 Å². The number of carbonyl (C=O) groups excluding carboxylic acids is 1. The van der Waals surface area contributed by atoms with Gasteiger partial charge in [-0.2, -0.15) is 0 Å². The fourth-order valence-corrected chi connectivity index (χ4v) is 4.21. The summed E-state index contributed by atoms with van der Waals surface area (Å²) in [4.78, 5) is 14.7. The Morgan fingerprint density at radius 3 is 2.71 bits per heavy atom. The molecule has 2 fully saturated rings. The Labute approximate surface area is 142 Å². The van der Waals surface area contributed by atoms with E-state index in [-0.39, 0.29) is 36.0 Å². The van der Waals surface area contributed by atoms with E-state index in [1.54, 1.807) is 6.07 Å². The number of nitrogens with zero attached hydrogens (tertiary/aromatic N) is 1. The highest BCUT2D eigenvalue weighted by atomic mass is 32.2. The van der Waals surface area contributed by atoms with Crippen LogP contribution in [0.2, 0.25) is 0 Å². The first kappa shape index (κ1) is 17.3. The molecule has 0 aliphatic carbocycles. The van der Waals surface area contributed by atoms with E-state index in [1.165, 1.54) is 19.2 Å². The number of amides is 1. The fourth-order valence-electron chi connectivity index (χ4n) is 3.17. The third kappa shape index (κ3) is 3.19. The van der Waals surface area contributed by atoms with E-state index in [0.717, 1.165) is 12.0 Å². The standard InChI is InChI=1S/C16H22N2O5S/c1-11-3-4-14(24(20,21)17-5-6-22-2)8-15(11)16(19)18-12-7-13(18)10-23-9-12/h3-4,8,12-13,17H,5-7,9-10H2,1-2H3. The normalized spacial score (nSPS) is 23.0. The number of rotatable bonds is 6. The molecule has 2 heterocycles. The second kappa shape index (κ2) is 6.79. The number of hydrogen-bond acceptors (Lipinski definition) is 5. The van der Waals surface area contributed by atoms with Crippen molar-refractivity contribution in [3.05, 3.63) is 29.3 Å². The van der Waals surface area contributed by atoms with Crippen molar-refractivity contribution in [1.29, 1.82) is 0 Å². The molecule has 7 nitrogen and oxygen atoms in total. The Bertz CT molecular complexity index is 720. The van der Waals surface area contributed by atoms with Crippen molar-refractivity contribution < 1.29 is 22.7 Å². The summed E-state index contributed by atoms with van der Waals surface area (Å²) in [5.41, 5.74) is 1.20. The van der Waals surface area contributed by atoms with Crippen LogP contribution in [0.25, 0.3) is 0 Å². The summed E-state index contributed by atoms with van der Waals surface area (Å²) in [7, 11) is -2.16. The molecule has 0 radical (unpaired) electrons. The lowest BCUT2D eigenvalue weighted by Crippen LogP contribution is -2.65. The lowest BCUT2D eigenvalue weighted by atomic mass is 9.90. The lowest BCUT2D eigenvalue weighted by Gasteiger charge is -2.52. The predicted molar refractivity (Wildman–Crippen MR) is 87.4 cm³/mol. The van der Waals surface area contributed by atoms with Crippen molar-refractivity contribution in [2.75, 3.05) is 33.5 Å². The summed E-state index contributed by atoms with van der Waals surface area (Å²) in [6, 6.07) is 4.86. The molecule has 1 N–H and O–H groups in total. The molecule has 1 aromatic rings. The van der Waals surface area contributed by atoms with Gasteiger partial charge in [-0.15, -0.1) is 0 Å². The molecule has 1 amide bonds. The minimum atomic E-state index is -3.66. The van der Waals surface area contributed by atoms with Crippen LogP contribution in [0.15, 0.2) is 23.1 Å². The maximum Gasteiger partial charge on any atom is 0.254 e. The van der Waals surface area contributed by atoms with Gasteiger partial charge >= 0.3 is 0 Å². The first-order chi connectivity index (χ1) is 11.4. The molecule has 1 aromatic carbocycles. The van der Waals surface area contributed by atoms with Crippen LogP contribution in [-0.2, 0) is 19.5 Å². The van der Waals surface area contributed by atoms with Crippen molar-refractivity contribution in [2.24, 2.45) is 0 Å². The van der Waals surface area contributed by atoms with Crippen molar-refractivity contribution >= 4 is 15.9 Å². The molecule has 2 aliphatic heterocycles. The van der Waals surface area contributed by atoms with Gasteiger partial charge in [0.05, 0.1) is 36.8 Å². The smallest absolute Gasteiger partial charge is 0.254 e. The van der Waals surface area contributed by atoms with Crippen LogP contribution in [0.4, 0.5) is 0 Å². The molecule has 2 atom stereocenters. The van der Waals surface area contributed by atoms with Crippen LogP contribution >= 0.6 is 0 Å². The SMILES string of the molecule is COCCNS(=O)(=O)c1ccc(C)c(C(=O)N2C3COCC2C3)c1. The molecular formula is C16H22N2O5S. The Morgan fingerprint density at radius 1 is 1.38 bits per heavy atom. The number of hydrogen-bond donors (Lipinski definition) is 1. The number of benzene rings is 1. The molecule has 0 saturated carbocycles. The number of morpholine rings is 1. The zero-order valence-corrected chi connectivity index (χ0v) is 14.6. The van der Waals surface area contributed by atoms with Gasteiger partial charge in [-0.3, -0.25) is 4.79 Å². The summed E-state index contributed by atoms with van der Waals surface area (Å²) >= 11 is 0. The second-order valence-corrected chi connectivity index (χ2v) is 7.93. The van der Waals surface area contributed by atoms with E-state index >= 15 is 0 Å². The number of methoxy groups -OCH3 is 1. The van der Waals surface area contributed by atoms with Gasteiger partial charge in [-0.1, -0.05) is 6.07 Å². The van der Waals surface area contributed by atoms with E-state index < -0.39 is 10.0 Å².